The van der Waals surface area contributed by atoms with Crippen LogP contribution in [0.1, 0.15) is 34.6 Å². The molecule has 1 unspecified atom stereocenters. The number of carbonyl (C=O) groups excluding carboxylic acids is 2. The first kappa shape index (κ1) is 25.5. The fraction of sp³-hybridized carbons (Fsp3) is 0.154. The number of Topliss-reactive ketones (excluding diaryl/α,β-unsaturated/α-hetero) is 1. The first-order valence-corrected chi connectivity index (χ1v) is 13.2. The molecule has 1 aliphatic heterocycles. The fourth-order valence-corrected chi connectivity index (χ4v) is 5.77. The Balaban J connectivity index is 1.51. The number of hydrogen-bond acceptors (Lipinski definition) is 10. The summed E-state index contributed by atoms with van der Waals surface area (Å²) in [6.45, 7) is 2.02. The van der Waals surface area contributed by atoms with Gasteiger partial charge < -0.3 is 19.4 Å². The van der Waals surface area contributed by atoms with E-state index >= 15 is 0 Å². The molecule has 1 aliphatic rings. The van der Waals surface area contributed by atoms with Crippen molar-refractivity contribution in [3.63, 3.8) is 0 Å². The van der Waals surface area contributed by atoms with Crippen molar-refractivity contribution in [3.05, 3.63) is 94.9 Å². The summed E-state index contributed by atoms with van der Waals surface area (Å²) in [5, 5.41) is 29.5. The van der Waals surface area contributed by atoms with Gasteiger partial charge in [0.2, 0.25) is 10.9 Å². The average Bonchev–Trinajstić information content (AvgIpc) is 3.66. The quantitative estimate of drug-likeness (QED) is 0.158. The number of anilines is 1. The van der Waals surface area contributed by atoms with Crippen molar-refractivity contribution in [2.24, 2.45) is 0 Å². The largest absolute Gasteiger partial charge is 0.504 e. The van der Waals surface area contributed by atoms with Crippen molar-refractivity contribution in [2.75, 3.05) is 11.5 Å². The van der Waals surface area contributed by atoms with Crippen molar-refractivity contribution in [1.29, 1.82) is 0 Å². The Morgan fingerprint density at radius 1 is 1.18 bits per heavy atom. The molecule has 0 saturated heterocycles. The molecule has 0 aliphatic carbocycles. The topological polar surface area (TPSA) is 126 Å². The molecule has 2 aromatic carbocycles. The zero-order valence-electron chi connectivity index (χ0n) is 19.8. The number of aromatic hydroxyl groups is 1. The number of aliphatic hydroxyl groups is 1. The average molecular weight is 554 g/mol. The molecule has 12 heteroatoms. The van der Waals surface area contributed by atoms with Gasteiger partial charge in [0.05, 0.1) is 24.5 Å². The van der Waals surface area contributed by atoms with Crippen LogP contribution < -0.4 is 9.64 Å². The number of thioether (sulfide) groups is 1. The number of phenolic OH excluding ortho intramolecular Hbond substituents is 1. The molecule has 4 aromatic rings. The third kappa shape index (κ3) is 4.87. The van der Waals surface area contributed by atoms with E-state index in [1.807, 2.05) is 0 Å². The van der Waals surface area contributed by atoms with E-state index in [0.29, 0.717) is 15.7 Å². The molecule has 0 bridgehead atoms. The second kappa shape index (κ2) is 10.7. The van der Waals surface area contributed by atoms with Gasteiger partial charge in [-0.2, -0.15) is 0 Å². The SMILES string of the molecule is CCOc1cc(C2C(C(=O)c3ccco3)=C(O)C(=O)N2c2nnc(SCc3ccc(F)cc3)s2)ccc1O. The Bertz CT molecular complexity index is 1520. The van der Waals surface area contributed by atoms with Gasteiger partial charge in [-0.15, -0.1) is 10.2 Å². The highest BCUT2D eigenvalue weighted by molar-refractivity contribution is 8.00. The Kier molecular flexibility index (Phi) is 7.16. The maximum Gasteiger partial charge on any atom is 0.296 e. The molecular formula is C26H20FN3O6S2. The van der Waals surface area contributed by atoms with Crippen LogP contribution in [0, 0.1) is 5.82 Å². The van der Waals surface area contributed by atoms with Crippen molar-refractivity contribution in [3.8, 4) is 11.5 Å². The number of aromatic nitrogens is 2. The van der Waals surface area contributed by atoms with Crippen LogP contribution in [-0.4, -0.2) is 38.7 Å². The summed E-state index contributed by atoms with van der Waals surface area (Å²) in [5.74, 6) is -2.09. The number of hydrogen-bond donors (Lipinski definition) is 2. The van der Waals surface area contributed by atoms with E-state index in [1.54, 1.807) is 19.1 Å². The summed E-state index contributed by atoms with van der Waals surface area (Å²) >= 11 is 2.45. The van der Waals surface area contributed by atoms with E-state index in [1.165, 1.54) is 65.4 Å². The maximum atomic E-state index is 13.4. The van der Waals surface area contributed by atoms with Gasteiger partial charge in [0.25, 0.3) is 5.91 Å². The normalized spacial score (nSPS) is 15.4. The molecule has 0 saturated carbocycles. The van der Waals surface area contributed by atoms with Crippen LogP contribution in [0.5, 0.6) is 11.5 Å². The number of rotatable bonds is 9. The van der Waals surface area contributed by atoms with E-state index < -0.39 is 23.5 Å². The summed E-state index contributed by atoms with van der Waals surface area (Å²) in [6, 6.07) is 12.4. The van der Waals surface area contributed by atoms with Gasteiger partial charge in [-0.3, -0.25) is 14.5 Å². The lowest BCUT2D eigenvalue weighted by molar-refractivity contribution is -0.117. The number of furan rings is 1. The van der Waals surface area contributed by atoms with Gasteiger partial charge >= 0.3 is 0 Å². The number of ether oxygens (including phenoxy) is 1. The van der Waals surface area contributed by atoms with Crippen LogP contribution in [0.3, 0.4) is 0 Å². The van der Waals surface area contributed by atoms with Gasteiger partial charge in [0.1, 0.15) is 5.82 Å². The molecule has 1 amide bonds. The molecule has 3 heterocycles. The molecule has 5 rings (SSSR count). The van der Waals surface area contributed by atoms with Crippen LogP contribution in [0.2, 0.25) is 0 Å². The molecule has 38 heavy (non-hydrogen) atoms. The molecule has 1 atom stereocenters. The van der Waals surface area contributed by atoms with Crippen LogP contribution in [0.25, 0.3) is 0 Å². The Labute approximate surface area is 224 Å². The lowest BCUT2D eigenvalue weighted by Crippen LogP contribution is -2.31. The summed E-state index contributed by atoms with van der Waals surface area (Å²) in [5.41, 5.74) is 1.07. The van der Waals surface area contributed by atoms with Crippen molar-refractivity contribution < 1.29 is 33.3 Å². The molecule has 0 fully saturated rings. The van der Waals surface area contributed by atoms with Gasteiger partial charge in [-0.05, 0) is 54.4 Å². The van der Waals surface area contributed by atoms with E-state index in [2.05, 4.69) is 10.2 Å². The predicted molar refractivity (Wildman–Crippen MR) is 138 cm³/mol. The zero-order chi connectivity index (χ0) is 26.8. The van der Waals surface area contributed by atoms with E-state index in [0.717, 1.165) is 16.9 Å². The van der Waals surface area contributed by atoms with Gasteiger partial charge in [0.15, 0.2) is 27.4 Å². The van der Waals surface area contributed by atoms with Crippen molar-refractivity contribution in [2.45, 2.75) is 23.1 Å². The van der Waals surface area contributed by atoms with Gasteiger partial charge in [-0.1, -0.05) is 41.3 Å². The summed E-state index contributed by atoms with van der Waals surface area (Å²) in [4.78, 5) is 27.9. The van der Waals surface area contributed by atoms with E-state index in [9.17, 15) is 24.2 Å². The minimum atomic E-state index is -1.09. The minimum absolute atomic E-state index is 0.0529. The van der Waals surface area contributed by atoms with Crippen molar-refractivity contribution >= 4 is 39.9 Å². The summed E-state index contributed by atoms with van der Waals surface area (Å²) < 4.78 is 24.5. The number of carbonyl (C=O) groups is 2. The first-order valence-electron chi connectivity index (χ1n) is 11.4. The lowest BCUT2D eigenvalue weighted by Gasteiger charge is -2.24. The number of ketones is 1. The fourth-order valence-electron chi connectivity index (χ4n) is 3.95. The first-order chi connectivity index (χ1) is 18.4. The van der Waals surface area contributed by atoms with Crippen LogP contribution in [-0.2, 0) is 10.5 Å². The molecule has 2 aromatic heterocycles. The lowest BCUT2D eigenvalue weighted by atomic mass is 9.95. The second-order valence-electron chi connectivity index (χ2n) is 8.07. The minimum Gasteiger partial charge on any atom is -0.504 e. The molecule has 0 spiro atoms. The van der Waals surface area contributed by atoms with Crippen LogP contribution in [0.4, 0.5) is 9.52 Å². The number of benzene rings is 2. The zero-order valence-corrected chi connectivity index (χ0v) is 21.5. The van der Waals surface area contributed by atoms with Crippen LogP contribution >= 0.6 is 23.1 Å². The third-order valence-electron chi connectivity index (χ3n) is 5.67. The molecule has 2 N–H and O–H groups in total. The Hall–Kier alpha value is -4.16. The molecule has 194 valence electrons. The van der Waals surface area contributed by atoms with E-state index in [4.69, 9.17) is 9.15 Å². The van der Waals surface area contributed by atoms with Crippen LogP contribution in [0.15, 0.2) is 80.9 Å². The molecular weight excluding hydrogens is 533 g/mol. The van der Waals surface area contributed by atoms with Crippen molar-refractivity contribution in [1.82, 2.24) is 10.2 Å². The summed E-state index contributed by atoms with van der Waals surface area (Å²) in [7, 11) is 0. The number of phenols is 1. The highest BCUT2D eigenvalue weighted by Gasteiger charge is 2.47. The smallest absolute Gasteiger partial charge is 0.296 e. The Morgan fingerprint density at radius 2 is 1.97 bits per heavy atom. The highest BCUT2D eigenvalue weighted by Crippen LogP contribution is 2.45. The van der Waals surface area contributed by atoms with Gasteiger partial charge in [-0.25, -0.2) is 4.39 Å². The monoisotopic (exact) mass is 553 g/mol. The number of amides is 1. The van der Waals surface area contributed by atoms with Gasteiger partial charge in [0, 0.05) is 5.75 Å². The second-order valence-corrected chi connectivity index (χ2v) is 10.3. The number of nitrogens with zero attached hydrogens (tertiary/aromatic N) is 3. The number of aliphatic hydroxyl groups excluding tert-OH is 1. The highest BCUT2D eigenvalue weighted by atomic mass is 32.2. The standard InChI is InChI=1S/C26H20FN3O6S2/c1-2-35-19-12-15(7-10-17(19)31)21-20(22(32)18-4-3-11-36-18)23(33)24(34)30(21)25-28-29-26(38-25)37-13-14-5-8-16(27)9-6-14/h3-12,21,31,33H,2,13H2,1H3. The third-order valence-corrected chi connectivity index (χ3v) is 7.80. The maximum absolute atomic E-state index is 13.4. The predicted octanol–water partition coefficient (Wildman–Crippen LogP) is 5.45. The Morgan fingerprint density at radius 3 is 2.68 bits per heavy atom. The molecule has 9 nitrogen and oxygen atoms in total. The molecule has 0 radical (unpaired) electrons. The number of halogens is 1. The van der Waals surface area contributed by atoms with E-state index in [-0.39, 0.29) is 40.4 Å². The summed E-state index contributed by atoms with van der Waals surface area (Å²) in [6.07, 6.45) is 1.32.